The molecule has 90 heavy (non-hydrogen) atoms. The van der Waals surface area contributed by atoms with Crippen molar-refractivity contribution in [3.8, 4) is 23.0 Å². The number of hydrogen-bond donors (Lipinski definition) is 4. The van der Waals surface area contributed by atoms with Gasteiger partial charge in [-0.25, -0.2) is 9.59 Å². The maximum absolute atomic E-state index is 13.0. The Kier molecular flexibility index (Phi) is 30.1. The molecular weight excluding hydrogens is 1310 g/mol. The van der Waals surface area contributed by atoms with Gasteiger partial charge in [-0.15, -0.1) is 0 Å². The van der Waals surface area contributed by atoms with Gasteiger partial charge in [-0.2, -0.15) is 0 Å². The van der Waals surface area contributed by atoms with Crippen LogP contribution in [0.1, 0.15) is 114 Å². The minimum atomic E-state index is -1.78. The largest absolute Gasteiger partial charge is 0.485 e. The molecule has 0 bridgehead atoms. The Morgan fingerprint density at radius 3 is 1.42 bits per heavy atom. The zero-order chi connectivity index (χ0) is 61.2. The Morgan fingerprint density at radius 1 is 0.556 bits per heavy atom. The molecule has 4 aromatic rings. The number of ether oxygens (including phenoxy) is 10. The van der Waals surface area contributed by atoms with E-state index in [1.54, 1.807) is 0 Å². The van der Waals surface area contributed by atoms with E-state index in [2.05, 4.69) is 35.8 Å². The molecule has 0 unspecified atom stereocenters. The van der Waals surface area contributed by atoms with Crippen molar-refractivity contribution >= 4 is 29.8 Å². The van der Waals surface area contributed by atoms with Crippen molar-refractivity contribution in [1.82, 2.24) is 9.80 Å². The average Bonchev–Trinajstić information content (AvgIpc) is 0.876. The van der Waals surface area contributed by atoms with Crippen LogP contribution in [0.3, 0.4) is 0 Å². The summed E-state index contributed by atoms with van der Waals surface area (Å²) in [4.78, 5) is 66.8. The topological polar surface area (TPSA) is 265 Å². The van der Waals surface area contributed by atoms with Crippen molar-refractivity contribution in [2.24, 2.45) is 11.8 Å². The summed E-state index contributed by atoms with van der Waals surface area (Å²) in [5.74, 6) is -2.14. The van der Waals surface area contributed by atoms with Crippen LogP contribution in [0.5, 0.6) is 23.0 Å². The molecule has 4 aromatic carbocycles. The fourth-order valence-corrected chi connectivity index (χ4v) is 13.2. The molecule has 21 nitrogen and oxygen atoms in total. The zero-order valence-corrected chi connectivity index (χ0v) is 57.6. The number of fused-ring (bicyclic) bond motifs is 4. The van der Waals surface area contributed by atoms with E-state index in [1.165, 1.54) is 6.92 Å². The summed E-state index contributed by atoms with van der Waals surface area (Å²) in [5, 5.41) is 40.6. The van der Waals surface area contributed by atoms with E-state index in [4.69, 9.17) is 47.4 Å². The van der Waals surface area contributed by atoms with Gasteiger partial charge in [0, 0.05) is 109 Å². The SMILES string of the molecule is C.CCCN1CCC[C@@H]2Cc3c(ccc(OCc4ccccc4)c3O[C@@H]3O[C@H](C(=O)O)[C@@H](O)[C@H](O)[C@H]3O)C[C@H]21.CCCN1CCC[C@@H]2Cc3c(ccc(OCc4ccccc4)c3O[C@@H]3O[C@H](C(=O)OC)[C@@H](OC(C)=O)[C@H](OC(C)=O)[C@H]3OC(C)=O)C[C@H]21.[CH3-].[Y].[Y]. The maximum Gasteiger partial charge on any atom is 0.339 e. The summed E-state index contributed by atoms with van der Waals surface area (Å²) in [6.07, 6.45) is -6.11. The van der Waals surface area contributed by atoms with Gasteiger partial charge in [0.25, 0.3) is 0 Å². The van der Waals surface area contributed by atoms with Crippen molar-refractivity contribution in [3.05, 3.63) is 126 Å². The van der Waals surface area contributed by atoms with Crippen LogP contribution < -0.4 is 18.9 Å². The van der Waals surface area contributed by atoms with Crippen LogP contribution in [0.25, 0.3) is 0 Å². The number of hydrogen-bond acceptors (Lipinski definition) is 20. The van der Waals surface area contributed by atoms with Gasteiger partial charge in [0.2, 0.25) is 18.7 Å². The number of likely N-dealkylation sites (tertiary alicyclic amines) is 2. The van der Waals surface area contributed by atoms with Crippen molar-refractivity contribution in [2.75, 3.05) is 33.3 Å². The first-order valence-corrected chi connectivity index (χ1v) is 30.1. The van der Waals surface area contributed by atoms with Gasteiger partial charge >= 0.3 is 29.8 Å². The maximum atomic E-state index is 13.0. The first kappa shape index (κ1) is 76.1. The fraction of sp³-hybridized carbons (Fsp3) is 0.552. The number of aliphatic hydroxyl groups excluding tert-OH is 3. The number of nitrogens with zero attached hydrogens (tertiary/aromatic N) is 2. The van der Waals surface area contributed by atoms with Gasteiger partial charge in [-0.3, -0.25) is 24.2 Å². The molecule has 14 atom stereocenters. The van der Waals surface area contributed by atoms with Crippen LogP contribution in [0.15, 0.2) is 84.9 Å². The van der Waals surface area contributed by atoms with E-state index in [-0.39, 0.29) is 86.9 Å². The molecule has 488 valence electrons. The summed E-state index contributed by atoms with van der Waals surface area (Å²) < 4.78 is 58.6. The third kappa shape index (κ3) is 18.4. The van der Waals surface area contributed by atoms with Gasteiger partial charge in [0.15, 0.2) is 47.4 Å². The Hall–Kier alpha value is -4.64. The minimum absolute atomic E-state index is 0. The van der Waals surface area contributed by atoms with E-state index in [0.717, 1.165) is 138 Å². The Balaban J connectivity index is 0.000000321. The van der Waals surface area contributed by atoms with Crippen LogP contribution in [0.2, 0.25) is 0 Å². The number of aliphatic hydroxyl groups is 3. The molecule has 0 amide bonds. The number of piperidine rings is 2. The molecule has 0 spiro atoms. The summed E-state index contributed by atoms with van der Waals surface area (Å²) in [5.41, 5.74) is 6.03. The molecule has 2 radical (unpaired) electrons. The molecule has 0 saturated carbocycles. The van der Waals surface area contributed by atoms with Crippen LogP contribution in [-0.2, 0) is 157 Å². The predicted molar refractivity (Wildman–Crippen MR) is 322 cm³/mol. The van der Waals surface area contributed by atoms with Gasteiger partial charge in [-0.1, -0.05) is 94.1 Å². The first-order chi connectivity index (χ1) is 41.5. The van der Waals surface area contributed by atoms with E-state index < -0.39 is 91.3 Å². The third-order valence-electron chi connectivity index (χ3n) is 17.1. The van der Waals surface area contributed by atoms with E-state index in [0.29, 0.717) is 59.9 Å². The fourth-order valence-electron chi connectivity index (χ4n) is 13.2. The number of aliphatic carboxylic acids is 1. The molecule has 10 rings (SSSR count). The smallest absolute Gasteiger partial charge is 0.339 e. The molecule has 4 fully saturated rings. The van der Waals surface area contributed by atoms with E-state index in [1.807, 2.05) is 72.8 Å². The van der Waals surface area contributed by atoms with Crippen molar-refractivity contribution in [3.63, 3.8) is 0 Å². The molecule has 4 N–H and O–H groups in total. The number of methoxy groups -OCH3 is 1. The summed E-state index contributed by atoms with van der Waals surface area (Å²) in [6.45, 7) is 12.7. The van der Waals surface area contributed by atoms with Crippen LogP contribution >= 0.6 is 0 Å². The standard InChI is InChI=1S/C36H45NO11.C29H37NO8.CH4.CH3.2Y/c1-6-16-37-17-10-13-26-18-27-25(19-28(26)37)14-15-29(43-20-24-11-8-7-9-12-24)30(27)47-36-34(46-23(4)40)32(45-22(3)39)31(44-21(2)38)33(48-36)35(41)42-5;1-2-12-30-13-6-9-19-14-20-18(15-21(19)30)10-11-22(36-16-17-7-4-3-5-8-17)26(20)37-29-25(33)23(31)24(32)27(38-29)28(34)35;;;;/h7-9,11-12,14-15,26,28,31-34,36H,6,10,13,16-20H2,1-5H3;3-5,7-8,10-11,19,21,23-25,27,29,31-33H,2,6,9,12-16H2,1H3,(H,34,35);1H4;1H3;;/q;;;-1;;/t26-,28-,31+,32+,33+,34-,36-;19-,21-,23+,24+,25-,27+,29-;;;;/m11..../s1. The van der Waals surface area contributed by atoms with Gasteiger partial charge in [0.1, 0.15) is 31.5 Å². The van der Waals surface area contributed by atoms with E-state index in [9.17, 15) is 44.4 Å². The molecular formula is C67H89N2O19Y2-. The van der Waals surface area contributed by atoms with Crippen molar-refractivity contribution in [1.29, 1.82) is 0 Å². The second-order valence-corrected chi connectivity index (χ2v) is 23.1. The molecule has 4 aliphatic heterocycles. The number of carboxylic acid groups (broad SMARTS) is 1. The summed E-state index contributed by atoms with van der Waals surface area (Å²) in [7, 11) is 1.15. The Labute approximate surface area is 579 Å². The summed E-state index contributed by atoms with van der Waals surface area (Å²) in [6, 6.07) is 28.1. The number of carboxylic acids is 1. The molecule has 6 aliphatic rings. The van der Waals surface area contributed by atoms with Crippen LogP contribution in [0.4, 0.5) is 0 Å². The molecule has 4 saturated heterocycles. The van der Waals surface area contributed by atoms with Crippen LogP contribution in [0, 0.1) is 19.3 Å². The Morgan fingerprint density at radius 2 is 0.989 bits per heavy atom. The minimum Gasteiger partial charge on any atom is -0.485 e. The normalized spacial score (nSPS) is 27.4. The number of carbonyl (C=O) groups is 5. The summed E-state index contributed by atoms with van der Waals surface area (Å²) >= 11 is 0. The second-order valence-electron chi connectivity index (χ2n) is 23.1. The monoisotopic (exact) mass is 1400 g/mol. The number of benzene rings is 4. The quantitative estimate of drug-likeness (QED) is 0.0413. The Bertz CT molecular complexity index is 2980. The molecule has 23 heteroatoms. The van der Waals surface area contributed by atoms with Crippen molar-refractivity contribution < 1.29 is 157 Å². The third-order valence-corrected chi connectivity index (χ3v) is 17.1. The van der Waals surface area contributed by atoms with Crippen molar-refractivity contribution in [2.45, 2.75) is 193 Å². The molecule has 0 aromatic heterocycles. The number of esters is 4. The van der Waals surface area contributed by atoms with Crippen LogP contribution in [-0.4, -0.2) is 167 Å². The van der Waals surface area contributed by atoms with E-state index >= 15 is 0 Å². The van der Waals surface area contributed by atoms with Gasteiger partial charge in [-0.05, 0) is 137 Å². The van der Waals surface area contributed by atoms with Gasteiger partial charge in [0.05, 0.1) is 7.11 Å². The molecule has 2 aliphatic carbocycles. The number of rotatable bonds is 19. The second kappa shape index (κ2) is 35.6. The zero-order valence-electron chi connectivity index (χ0n) is 51.9. The number of carbonyl (C=O) groups excluding carboxylic acids is 4. The first-order valence-electron chi connectivity index (χ1n) is 30.1. The van der Waals surface area contributed by atoms with Gasteiger partial charge < -0.3 is 75.2 Å². The molecule has 4 heterocycles. The average molecular weight is 1400 g/mol. The predicted octanol–water partition coefficient (Wildman–Crippen LogP) is 7.13.